The molecule has 112 valence electrons. The molecule has 7 heteroatoms. The number of alkyl halides is 3. The maximum Gasteiger partial charge on any atom is 0.433 e. The number of unbranched alkanes of at least 4 members (excludes halogenated alkanes) is 1. The van der Waals surface area contributed by atoms with Gasteiger partial charge in [-0.2, -0.15) is 13.2 Å². The van der Waals surface area contributed by atoms with Gasteiger partial charge in [-0.1, -0.05) is 19.4 Å². The average molecular weight is 290 g/mol. The van der Waals surface area contributed by atoms with Gasteiger partial charge in [-0.15, -0.1) is 0 Å². The predicted molar refractivity (Wildman–Crippen MR) is 68.7 cm³/mol. The number of carbonyl (C=O) groups is 1. The highest BCUT2D eigenvalue weighted by molar-refractivity contribution is 5.77. The molecule has 1 aromatic rings. The van der Waals surface area contributed by atoms with E-state index in [0.717, 1.165) is 18.9 Å². The van der Waals surface area contributed by atoms with Gasteiger partial charge in [0.25, 0.3) is 0 Å². The van der Waals surface area contributed by atoms with Crippen LogP contribution in [0.2, 0.25) is 0 Å². The summed E-state index contributed by atoms with van der Waals surface area (Å²) in [7, 11) is 0. The summed E-state index contributed by atoms with van der Waals surface area (Å²) < 4.78 is 37.9. The Bertz CT molecular complexity index is 475. The van der Waals surface area contributed by atoms with E-state index in [4.69, 9.17) is 5.11 Å². The third kappa shape index (κ3) is 4.11. The van der Waals surface area contributed by atoms with Gasteiger partial charge in [-0.05, 0) is 19.4 Å². The molecule has 0 bridgehead atoms. The lowest BCUT2D eigenvalue weighted by Crippen LogP contribution is -2.16. The Hall–Kier alpha value is -1.79. The first-order valence-electron chi connectivity index (χ1n) is 6.32. The Morgan fingerprint density at radius 2 is 2.10 bits per heavy atom. The molecule has 1 aromatic heterocycles. The van der Waals surface area contributed by atoms with E-state index in [-0.39, 0.29) is 11.4 Å². The average Bonchev–Trinajstić information content (AvgIpc) is 2.37. The fourth-order valence-corrected chi connectivity index (χ4v) is 1.64. The first-order valence-corrected chi connectivity index (χ1v) is 6.32. The quantitative estimate of drug-likeness (QED) is 0.787. The second-order valence-electron chi connectivity index (χ2n) is 4.47. The molecule has 0 aliphatic rings. The monoisotopic (exact) mass is 290 g/mol. The van der Waals surface area contributed by atoms with Gasteiger partial charge in [0.05, 0.1) is 5.92 Å². The largest absolute Gasteiger partial charge is 0.481 e. The van der Waals surface area contributed by atoms with Crippen LogP contribution in [0.4, 0.5) is 19.0 Å². The maximum atomic E-state index is 12.6. The van der Waals surface area contributed by atoms with Crippen molar-refractivity contribution in [1.82, 2.24) is 4.98 Å². The molecule has 0 saturated carbocycles. The molecule has 0 radical (unpaired) electrons. The van der Waals surface area contributed by atoms with Crippen molar-refractivity contribution >= 4 is 11.8 Å². The third-order valence-electron chi connectivity index (χ3n) is 2.88. The molecule has 20 heavy (non-hydrogen) atoms. The van der Waals surface area contributed by atoms with Gasteiger partial charge < -0.3 is 10.4 Å². The fourth-order valence-electron chi connectivity index (χ4n) is 1.64. The van der Waals surface area contributed by atoms with Crippen LogP contribution in [-0.4, -0.2) is 22.6 Å². The van der Waals surface area contributed by atoms with Crippen LogP contribution in [-0.2, 0) is 11.0 Å². The van der Waals surface area contributed by atoms with Gasteiger partial charge in [0.1, 0.15) is 11.5 Å². The molecule has 1 heterocycles. The molecule has 1 unspecified atom stereocenters. The summed E-state index contributed by atoms with van der Waals surface area (Å²) in [4.78, 5) is 14.5. The van der Waals surface area contributed by atoms with Gasteiger partial charge in [0.2, 0.25) is 0 Å². The van der Waals surface area contributed by atoms with Crippen LogP contribution >= 0.6 is 0 Å². The van der Waals surface area contributed by atoms with Crippen LogP contribution < -0.4 is 5.32 Å². The molecule has 4 nitrogen and oxygen atoms in total. The number of pyridine rings is 1. The maximum absolute atomic E-state index is 12.6. The molecule has 0 saturated heterocycles. The van der Waals surface area contributed by atoms with Gasteiger partial charge in [-0.25, -0.2) is 4.98 Å². The molecule has 2 N–H and O–H groups in total. The van der Waals surface area contributed by atoms with Gasteiger partial charge in [-0.3, -0.25) is 4.79 Å². The highest BCUT2D eigenvalue weighted by Crippen LogP contribution is 2.31. The van der Waals surface area contributed by atoms with Crippen LogP contribution in [0.1, 0.15) is 43.9 Å². The number of anilines is 1. The summed E-state index contributed by atoms with van der Waals surface area (Å²) in [6.45, 7) is 3.81. The molecule has 0 fully saturated rings. The van der Waals surface area contributed by atoms with Gasteiger partial charge >= 0.3 is 12.1 Å². The van der Waals surface area contributed by atoms with E-state index >= 15 is 0 Å². The minimum absolute atomic E-state index is 0.0109. The topological polar surface area (TPSA) is 62.2 Å². The van der Waals surface area contributed by atoms with Crippen molar-refractivity contribution in [3.63, 3.8) is 0 Å². The molecule has 0 spiro atoms. The number of aromatic nitrogens is 1. The molecular formula is C13H17F3N2O2. The molecular weight excluding hydrogens is 273 g/mol. The second-order valence-corrected chi connectivity index (χ2v) is 4.47. The number of nitrogens with one attached hydrogen (secondary N) is 1. The Morgan fingerprint density at radius 1 is 1.45 bits per heavy atom. The van der Waals surface area contributed by atoms with E-state index in [0.29, 0.717) is 6.54 Å². The summed E-state index contributed by atoms with van der Waals surface area (Å²) in [6, 6.07) is 1.97. The number of hydrogen-bond donors (Lipinski definition) is 2. The van der Waals surface area contributed by atoms with Crippen molar-refractivity contribution in [3.05, 3.63) is 23.4 Å². The zero-order valence-electron chi connectivity index (χ0n) is 11.3. The van der Waals surface area contributed by atoms with E-state index in [9.17, 15) is 18.0 Å². The number of hydrogen-bond acceptors (Lipinski definition) is 3. The van der Waals surface area contributed by atoms with Gasteiger partial charge in [0.15, 0.2) is 0 Å². The molecule has 0 amide bonds. The predicted octanol–water partition coefficient (Wildman–Crippen LogP) is 3.50. The van der Waals surface area contributed by atoms with Crippen molar-refractivity contribution in [2.75, 3.05) is 11.9 Å². The standard InChI is InChI=1S/C13H17F3N2O2/c1-3-4-7-17-11-9(8(2)12(19)20)5-6-10(18-11)13(14,15)16/h5-6,8H,3-4,7H2,1-2H3,(H,17,18)(H,19,20). The number of nitrogens with zero attached hydrogens (tertiary/aromatic N) is 1. The summed E-state index contributed by atoms with van der Waals surface area (Å²) in [5.74, 6) is -2.04. The number of aliphatic carboxylic acids is 1. The number of carboxylic acids is 1. The second kappa shape index (κ2) is 6.58. The summed E-state index contributed by atoms with van der Waals surface area (Å²) in [5, 5.41) is 11.8. The first kappa shape index (κ1) is 16.3. The normalized spacial score (nSPS) is 13.1. The third-order valence-corrected chi connectivity index (χ3v) is 2.88. The van der Waals surface area contributed by atoms with E-state index < -0.39 is 23.8 Å². The van der Waals surface area contributed by atoms with Crippen molar-refractivity contribution in [3.8, 4) is 0 Å². The van der Waals surface area contributed by atoms with E-state index in [2.05, 4.69) is 10.3 Å². The first-order chi connectivity index (χ1) is 9.27. The van der Waals surface area contributed by atoms with E-state index in [1.54, 1.807) is 0 Å². The van der Waals surface area contributed by atoms with E-state index in [1.807, 2.05) is 6.92 Å². The summed E-state index contributed by atoms with van der Waals surface area (Å²) in [6.07, 6.45) is -2.92. The van der Waals surface area contributed by atoms with Crippen molar-refractivity contribution in [2.45, 2.75) is 38.8 Å². The van der Waals surface area contributed by atoms with Crippen LogP contribution in [0.3, 0.4) is 0 Å². The highest BCUT2D eigenvalue weighted by Gasteiger charge is 2.33. The van der Waals surface area contributed by atoms with E-state index in [1.165, 1.54) is 13.0 Å². The zero-order valence-corrected chi connectivity index (χ0v) is 11.3. The van der Waals surface area contributed by atoms with Crippen molar-refractivity contribution in [2.24, 2.45) is 0 Å². The lowest BCUT2D eigenvalue weighted by atomic mass is 10.0. The zero-order chi connectivity index (χ0) is 15.3. The lowest BCUT2D eigenvalue weighted by Gasteiger charge is -2.16. The smallest absolute Gasteiger partial charge is 0.433 e. The molecule has 1 atom stereocenters. The van der Waals surface area contributed by atoms with Crippen molar-refractivity contribution in [1.29, 1.82) is 0 Å². The Labute approximate surface area is 115 Å². The minimum atomic E-state index is -4.55. The fraction of sp³-hybridized carbons (Fsp3) is 0.538. The number of rotatable bonds is 6. The number of halogens is 3. The SMILES string of the molecule is CCCCNc1nc(C(F)(F)F)ccc1C(C)C(=O)O. The molecule has 1 rings (SSSR count). The van der Waals surface area contributed by atoms with Crippen LogP contribution in [0.15, 0.2) is 12.1 Å². The molecule has 0 aliphatic heterocycles. The van der Waals surface area contributed by atoms with Crippen LogP contribution in [0, 0.1) is 0 Å². The minimum Gasteiger partial charge on any atom is -0.481 e. The number of carboxylic acid groups (broad SMARTS) is 1. The Kier molecular flexibility index (Phi) is 5.35. The Balaban J connectivity index is 3.12. The van der Waals surface area contributed by atoms with Gasteiger partial charge in [0, 0.05) is 12.1 Å². The summed E-state index contributed by atoms with van der Waals surface area (Å²) in [5.41, 5.74) is -0.778. The molecule has 0 aromatic carbocycles. The van der Waals surface area contributed by atoms with Crippen LogP contribution in [0.5, 0.6) is 0 Å². The molecule has 0 aliphatic carbocycles. The highest BCUT2D eigenvalue weighted by atomic mass is 19.4. The van der Waals surface area contributed by atoms with Crippen molar-refractivity contribution < 1.29 is 23.1 Å². The summed E-state index contributed by atoms with van der Waals surface area (Å²) >= 11 is 0. The lowest BCUT2D eigenvalue weighted by molar-refractivity contribution is -0.141. The van der Waals surface area contributed by atoms with Crippen LogP contribution in [0.25, 0.3) is 0 Å². The Morgan fingerprint density at radius 3 is 2.60 bits per heavy atom.